The van der Waals surface area contributed by atoms with Gasteiger partial charge in [-0.15, -0.1) is 0 Å². The first-order chi connectivity index (χ1) is 10.7. The van der Waals surface area contributed by atoms with Crippen molar-refractivity contribution in [1.82, 2.24) is 0 Å². The van der Waals surface area contributed by atoms with E-state index in [2.05, 4.69) is 6.07 Å². The molecule has 0 spiro atoms. The lowest BCUT2D eigenvalue weighted by Gasteiger charge is -2.31. The first kappa shape index (κ1) is 14.6. The Balaban J connectivity index is 2.04. The Labute approximate surface area is 134 Å². The Kier molecular flexibility index (Phi) is 3.87. The number of fused-ring (bicyclic) bond motifs is 1. The molecule has 1 aliphatic carbocycles. The molecule has 22 heavy (non-hydrogen) atoms. The van der Waals surface area contributed by atoms with E-state index in [0.29, 0.717) is 22.8 Å². The Bertz CT molecular complexity index is 751. The summed E-state index contributed by atoms with van der Waals surface area (Å²) in [5.74, 6) is -0.128. The van der Waals surface area contributed by atoms with Crippen LogP contribution >= 0.6 is 11.6 Å². The average Bonchev–Trinajstić information content (AvgIpc) is 2.55. The second-order valence-corrected chi connectivity index (χ2v) is 5.75. The van der Waals surface area contributed by atoms with Crippen molar-refractivity contribution >= 4 is 17.6 Å². The van der Waals surface area contributed by atoms with Crippen LogP contribution in [0.15, 0.2) is 48.5 Å². The highest BCUT2D eigenvalue weighted by molar-refractivity contribution is 6.32. The molecule has 0 aromatic heterocycles. The van der Waals surface area contributed by atoms with Crippen molar-refractivity contribution < 1.29 is 9.53 Å². The zero-order valence-corrected chi connectivity index (χ0v) is 12.6. The van der Waals surface area contributed by atoms with E-state index in [1.54, 1.807) is 30.3 Å². The molecule has 3 rings (SSSR count). The summed E-state index contributed by atoms with van der Waals surface area (Å²) in [4.78, 5) is 12.7. The van der Waals surface area contributed by atoms with Crippen molar-refractivity contribution in [3.8, 4) is 11.8 Å². The molecule has 0 N–H and O–H groups in total. The normalized spacial score (nSPS) is 19.8. The Morgan fingerprint density at radius 2 is 1.95 bits per heavy atom. The second kappa shape index (κ2) is 5.82. The lowest BCUT2D eigenvalue weighted by atomic mass is 9.71. The molecule has 110 valence electrons. The molecule has 0 saturated carbocycles. The lowest BCUT2D eigenvalue weighted by Crippen LogP contribution is -2.41. The number of nitrogens with zero attached hydrogens (tertiary/aromatic N) is 1. The quantitative estimate of drug-likeness (QED) is 0.621. The Morgan fingerprint density at radius 1 is 1.18 bits per heavy atom. The van der Waals surface area contributed by atoms with Crippen molar-refractivity contribution in [3.05, 3.63) is 64.7 Å². The van der Waals surface area contributed by atoms with Gasteiger partial charge < -0.3 is 4.74 Å². The van der Waals surface area contributed by atoms with Gasteiger partial charge in [0.05, 0.1) is 6.07 Å². The summed E-state index contributed by atoms with van der Waals surface area (Å²) in [6, 6.07) is 16.4. The molecule has 0 amide bonds. The van der Waals surface area contributed by atoms with E-state index >= 15 is 0 Å². The average molecular weight is 312 g/mol. The maximum atomic E-state index is 12.7. The highest BCUT2D eigenvalue weighted by Gasteiger charge is 2.47. The zero-order valence-electron chi connectivity index (χ0n) is 11.9. The van der Waals surface area contributed by atoms with Gasteiger partial charge in [-0.25, -0.2) is 4.79 Å². The third-order valence-electron chi connectivity index (χ3n) is 4.02. The minimum atomic E-state index is -1.33. The SMILES string of the molecule is N#CC1(C(=O)Oc2ccccc2)CCCc2cccc(Cl)c21. The monoisotopic (exact) mass is 311 g/mol. The molecule has 2 aromatic carbocycles. The smallest absolute Gasteiger partial charge is 0.336 e. The summed E-state index contributed by atoms with van der Waals surface area (Å²) < 4.78 is 5.44. The maximum absolute atomic E-state index is 12.7. The number of hydrogen-bond acceptors (Lipinski definition) is 3. The summed E-state index contributed by atoms with van der Waals surface area (Å²) in [5, 5.41) is 10.2. The van der Waals surface area contributed by atoms with Crippen molar-refractivity contribution in [3.63, 3.8) is 0 Å². The number of halogens is 1. The number of rotatable bonds is 2. The van der Waals surface area contributed by atoms with Gasteiger partial charge in [0, 0.05) is 10.6 Å². The number of carbonyl (C=O) groups is 1. The van der Waals surface area contributed by atoms with Crippen molar-refractivity contribution in [2.75, 3.05) is 0 Å². The van der Waals surface area contributed by atoms with E-state index in [1.807, 2.05) is 18.2 Å². The van der Waals surface area contributed by atoms with Gasteiger partial charge in [-0.05, 0) is 43.0 Å². The molecule has 1 aliphatic rings. The highest BCUT2D eigenvalue weighted by atomic mass is 35.5. The van der Waals surface area contributed by atoms with E-state index in [4.69, 9.17) is 16.3 Å². The standard InChI is InChI=1S/C18H14ClNO2/c19-15-10-4-6-13-7-5-11-18(12-20,16(13)15)17(21)22-14-8-2-1-3-9-14/h1-4,6,8-10H,5,7,11H2. The van der Waals surface area contributed by atoms with E-state index in [9.17, 15) is 10.1 Å². The first-order valence-corrected chi connectivity index (χ1v) is 7.51. The molecule has 2 aromatic rings. The van der Waals surface area contributed by atoms with Crippen LogP contribution in [0.3, 0.4) is 0 Å². The fourth-order valence-electron chi connectivity index (χ4n) is 2.97. The van der Waals surface area contributed by atoms with Gasteiger partial charge in [0.1, 0.15) is 5.75 Å². The van der Waals surface area contributed by atoms with Crippen LogP contribution in [0.4, 0.5) is 0 Å². The number of nitriles is 1. The zero-order chi connectivity index (χ0) is 15.6. The largest absolute Gasteiger partial charge is 0.425 e. The van der Waals surface area contributed by atoms with Gasteiger partial charge in [-0.1, -0.05) is 41.9 Å². The molecule has 0 heterocycles. The van der Waals surface area contributed by atoms with Gasteiger partial charge >= 0.3 is 5.97 Å². The van der Waals surface area contributed by atoms with Crippen LogP contribution in [0.5, 0.6) is 5.75 Å². The molecule has 3 nitrogen and oxygen atoms in total. The third-order valence-corrected chi connectivity index (χ3v) is 4.33. The van der Waals surface area contributed by atoms with Crippen LogP contribution < -0.4 is 4.74 Å². The van der Waals surface area contributed by atoms with Crippen LogP contribution in [-0.2, 0) is 16.6 Å². The molecule has 0 saturated heterocycles. The van der Waals surface area contributed by atoms with Crippen LogP contribution in [0, 0.1) is 11.3 Å². The van der Waals surface area contributed by atoms with Gasteiger partial charge in [-0.2, -0.15) is 5.26 Å². The molecule has 1 unspecified atom stereocenters. The number of ether oxygens (including phenoxy) is 1. The highest BCUT2D eigenvalue weighted by Crippen LogP contribution is 2.42. The number of hydrogen-bond donors (Lipinski definition) is 0. The van der Waals surface area contributed by atoms with Crippen LogP contribution in [0.2, 0.25) is 5.02 Å². The van der Waals surface area contributed by atoms with Gasteiger partial charge in [0.25, 0.3) is 0 Å². The summed E-state index contributed by atoms with van der Waals surface area (Å²) in [6.07, 6.45) is 1.99. The predicted octanol–water partition coefficient (Wildman–Crippen LogP) is 4.04. The fraction of sp³-hybridized carbons (Fsp3) is 0.222. The van der Waals surface area contributed by atoms with Gasteiger partial charge in [0.15, 0.2) is 5.41 Å². The Hall–Kier alpha value is -2.31. The molecule has 0 aliphatic heterocycles. The minimum Gasteiger partial charge on any atom is -0.425 e. The summed E-state index contributed by atoms with van der Waals surface area (Å²) >= 11 is 6.29. The summed E-state index contributed by atoms with van der Waals surface area (Å²) in [7, 11) is 0. The van der Waals surface area contributed by atoms with E-state index in [-0.39, 0.29) is 0 Å². The molecule has 0 fully saturated rings. The fourth-order valence-corrected chi connectivity index (χ4v) is 3.32. The molecule has 0 radical (unpaired) electrons. The van der Waals surface area contributed by atoms with E-state index in [0.717, 1.165) is 18.4 Å². The topological polar surface area (TPSA) is 50.1 Å². The van der Waals surface area contributed by atoms with Crippen molar-refractivity contribution in [2.24, 2.45) is 0 Å². The minimum absolute atomic E-state index is 0.423. The lowest BCUT2D eigenvalue weighted by molar-refractivity contribution is -0.139. The van der Waals surface area contributed by atoms with Gasteiger partial charge in [-0.3, -0.25) is 0 Å². The predicted molar refractivity (Wildman–Crippen MR) is 83.8 cm³/mol. The summed E-state index contributed by atoms with van der Waals surface area (Å²) in [6.45, 7) is 0. The van der Waals surface area contributed by atoms with Crippen LogP contribution in [-0.4, -0.2) is 5.97 Å². The molecular formula is C18H14ClNO2. The number of esters is 1. The van der Waals surface area contributed by atoms with Crippen molar-refractivity contribution in [2.45, 2.75) is 24.7 Å². The second-order valence-electron chi connectivity index (χ2n) is 5.35. The number of aryl methyl sites for hydroxylation is 1. The van der Waals surface area contributed by atoms with Crippen LogP contribution in [0.25, 0.3) is 0 Å². The number of para-hydroxylation sites is 1. The first-order valence-electron chi connectivity index (χ1n) is 7.14. The molecular weight excluding hydrogens is 298 g/mol. The molecule has 1 atom stereocenters. The molecule has 0 bridgehead atoms. The summed E-state index contributed by atoms with van der Waals surface area (Å²) in [5.41, 5.74) is 0.221. The molecule has 4 heteroatoms. The van der Waals surface area contributed by atoms with Crippen molar-refractivity contribution in [1.29, 1.82) is 5.26 Å². The Morgan fingerprint density at radius 3 is 2.68 bits per heavy atom. The van der Waals surface area contributed by atoms with E-state index < -0.39 is 11.4 Å². The maximum Gasteiger partial charge on any atom is 0.336 e. The number of benzene rings is 2. The van der Waals surface area contributed by atoms with Crippen LogP contribution in [0.1, 0.15) is 24.0 Å². The van der Waals surface area contributed by atoms with E-state index in [1.165, 1.54) is 0 Å². The number of carbonyl (C=O) groups excluding carboxylic acids is 1. The van der Waals surface area contributed by atoms with Gasteiger partial charge in [0.2, 0.25) is 0 Å². The third kappa shape index (κ3) is 2.36.